The van der Waals surface area contributed by atoms with Gasteiger partial charge in [0.2, 0.25) is 0 Å². The van der Waals surface area contributed by atoms with Crippen molar-refractivity contribution in [1.82, 2.24) is 4.90 Å². The molecule has 116 valence electrons. The summed E-state index contributed by atoms with van der Waals surface area (Å²) in [6.07, 6.45) is -0.271. The van der Waals surface area contributed by atoms with Crippen LogP contribution in [-0.2, 0) is 16.1 Å². The summed E-state index contributed by atoms with van der Waals surface area (Å²) >= 11 is 11.2. The number of aliphatic carboxylic acids is 1. The summed E-state index contributed by atoms with van der Waals surface area (Å²) in [5.41, 5.74) is 0.827. The first kappa shape index (κ1) is 17.6. The second-order valence-electron chi connectivity index (χ2n) is 4.47. The lowest BCUT2D eigenvalue weighted by molar-refractivity contribution is -0.142. The zero-order chi connectivity index (χ0) is 15.8. The predicted molar refractivity (Wildman–Crippen MR) is 80.5 cm³/mol. The van der Waals surface area contributed by atoms with E-state index in [4.69, 9.17) is 33.0 Å². The van der Waals surface area contributed by atoms with Gasteiger partial charge in [-0.15, -0.1) is 23.2 Å². The number of ether oxygens (including phenoxy) is 1. The minimum absolute atomic E-state index is 0.0873. The molecule has 0 heterocycles. The van der Waals surface area contributed by atoms with Crippen molar-refractivity contribution in [3.05, 3.63) is 35.9 Å². The van der Waals surface area contributed by atoms with Crippen molar-refractivity contribution in [3.63, 3.8) is 0 Å². The lowest BCUT2D eigenvalue weighted by Gasteiger charge is -2.24. The Bertz CT molecular complexity index is 467. The van der Waals surface area contributed by atoms with Crippen LogP contribution >= 0.6 is 23.2 Å². The maximum Gasteiger partial charge on any atom is 0.410 e. The fourth-order valence-electron chi connectivity index (χ4n) is 1.72. The maximum atomic E-state index is 11.9. The molecule has 1 aromatic rings. The monoisotopic (exact) mass is 333 g/mol. The molecule has 0 bridgehead atoms. The number of likely N-dealkylation sites (N-methyl/N-ethyl adjacent to an activating group) is 1. The first-order valence-corrected chi connectivity index (χ1v) is 7.23. The molecular weight excluding hydrogens is 317 g/mol. The number of carboxylic acid groups (broad SMARTS) is 1. The molecule has 0 fully saturated rings. The van der Waals surface area contributed by atoms with Crippen molar-refractivity contribution >= 4 is 35.3 Å². The topological polar surface area (TPSA) is 66.8 Å². The molecule has 0 radical (unpaired) electrons. The summed E-state index contributed by atoms with van der Waals surface area (Å²) in [6, 6.07) is 8.11. The SMILES string of the molecule is CN(C(=O)OCc1ccccc1)[C@@H](CCC(Cl)Cl)C(=O)O. The van der Waals surface area contributed by atoms with Gasteiger partial charge < -0.3 is 9.84 Å². The number of amides is 1. The summed E-state index contributed by atoms with van der Waals surface area (Å²) < 4.78 is 5.09. The van der Waals surface area contributed by atoms with Gasteiger partial charge >= 0.3 is 12.1 Å². The summed E-state index contributed by atoms with van der Waals surface area (Å²) in [7, 11) is 1.38. The van der Waals surface area contributed by atoms with E-state index in [0.29, 0.717) is 0 Å². The molecule has 1 atom stereocenters. The highest BCUT2D eigenvalue weighted by Crippen LogP contribution is 2.15. The highest BCUT2D eigenvalue weighted by Gasteiger charge is 2.27. The smallest absolute Gasteiger partial charge is 0.410 e. The van der Waals surface area contributed by atoms with Gasteiger partial charge in [0.05, 0.1) is 0 Å². The molecule has 7 heteroatoms. The summed E-state index contributed by atoms with van der Waals surface area (Å²) in [5, 5.41) is 9.16. The molecule has 0 aliphatic carbocycles. The van der Waals surface area contributed by atoms with Crippen LogP contribution in [-0.4, -0.2) is 40.0 Å². The summed E-state index contributed by atoms with van der Waals surface area (Å²) in [4.78, 5) is 23.5. The zero-order valence-corrected chi connectivity index (χ0v) is 13.0. The summed E-state index contributed by atoms with van der Waals surface area (Å²) in [6.45, 7) is 0.0873. The molecule has 0 unspecified atom stereocenters. The van der Waals surface area contributed by atoms with E-state index in [2.05, 4.69) is 0 Å². The van der Waals surface area contributed by atoms with Crippen molar-refractivity contribution < 1.29 is 19.4 Å². The van der Waals surface area contributed by atoms with Gasteiger partial charge in [-0.1, -0.05) is 30.3 Å². The molecule has 0 aliphatic heterocycles. The van der Waals surface area contributed by atoms with Crippen LogP contribution in [0.2, 0.25) is 0 Å². The van der Waals surface area contributed by atoms with Gasteiger partial charge in [-0.2, -0.15) is 0 Å². The summed E-state index contributed by atoms with van der Waals surface area (Å²) in [5.74, 6) is -1.12. The quantitative estimate of drug-likeness (QED) is 0.777. The van der Waals surface area contributed by atoms with Gasteiger partial charge in [-0.25, -0.2) is 9.59 Å². The number of nitrogens with zero attached hydrogens (tertiary/aromatic N) is 1. The molecular formula is C14H17Cl2NO4. The van der Waals surface area contributed by atoms with E-state index in [-0.39, 0.29) is 19.4 Å². The van der Waals surface area contributed by atoms with Gasteiger partial charge in [0.1, 0.15) is 17.5 Å². The average molecular weight is 334 g/mol. The lowest BCUT2D eigenvalue weighted by atomic mass is 10.1. The van der Waals surface area contributed by atoms with E-state index in [9.17, 15) is 9.59 Å². The lowest BCUT2D eigenvalue weighted by Crippen LogP contribution is -2.42. The van der Waals surface area contributed by atoms with Gasteiger partial charge in [-0.05, 0) is 18.4 Å². The van der Waals surface area contributed by atoms with Gasteiger partial charge in [0.25, 0.3) is 0 Å². The highest BCUT2D eigenvalue weighted by molar-refractivity contribution is 6.44. The van der Waals surface area contributed by atoms with E-state index in [0.717, 1.165) is 10.5 Å². The predicted octanol–water partition coefficient (Wildman–Crippen LogP) is 3.29. The fraction of sp³-hybridized carbons (Fsp3) is 0.429. The van der Waals surface area contributed by atoms with E-state index in [1.165, 1.54) is 7.05 Å². The Morgan fingerprint density at radius 2 is 1.86 bits per heavy atom. The van der Waals surface area contributed by atoms with Crippen LogP contribution in [0.5, 0.6) is 0 Å². The van der Waals surface area contributed by atoms with E-state index in [1.54, 1.807) is 0 Å². The Morgan fingerprint density at radius 1 is 1.24 bits per heavy atom. The number of hydrogen-bond acceptors (Lipinski definition) is 3. The molecule has 1 aromatic carbocycles. The van der Waals surface area contributed by atoms with Crippen LogP contribution < -0.4 is 0 Å². The van der Waals surface area contributed by atoms with Crippen molar-refractivity contribution in [1.29, 1.82) is 0 Å². The number of alkyl halides is 2. The standard InChI is InChI=1S/C14H17Cl2NO4/c1-17(11(13(18)19)7-8-12(15)16)14(20)21-9-10-5-3-2-4-6-10/h2-6,11-12H,7-9H2,1H3,(H,18,19)/t11-/m0/s1. The molecule has 1 rings (SSSR count). The van der Waals surface area contributed by atoms with Crippen molar-refractivity contribution in [2.75, 3.05) is 7.05 Å². The van der Waals surface area contributed by atoms with E-state index >= 15 is 0 Å². The molecule has 0 spiro atoms. The number of benzene rings is 1. The molecule has 0 saturated carbocycles. The Kier molecular flexibility index (Phi) is 7.32. The number of carboxylic acids is 1. The van der Waals surface area contributed by atoms with Crippen LogP contribution in [0.25, 0.3) is 0 Å². The van der Waals surface area contributed by atoms with Crippen molar-refractivity contribution in [2.24, 2.45) is 0 Å². The number of rotatable bonds is 7. The van der Waals surface area contributed by atoms with Crippen LogP contribution in [0.4, 0.5) is 4.79 Å². The minimum atomic E-state index is -1.12. The molecule has 0 aliphatic rings. The van der Waals surface area contributed by atoms with E-state index < -0.39 is 22.9 Å². The Labute approximate surface area is 133 Å². The minimum Gasteiger partial charge on any atom is -0.480 e. The first-order chi connectivity index (χ1) is 9.91. The normalized spacial score (nSPS) is 12.0. The van der Waals surface area contributed by atoms with E-state index in [1.807, 2.05) is 30.3 Å². The molecule has 21 heavy (non-hydrogen) atoms. The third-order valence-electron chi connectivity index (χ3n) is 2.90. The molecule has 1 N–H and O–H groups in total. The van der Waals surface area contributed by atoms with Crippen LogP contribution in [0.3, 0.4) is 0 Å². The van der Waals surface area contributed by atoms with Crippen LogP contribution in [0.1, 0.15) is 18.4 Å². The van der Waals surface area contributed by atoms with Gasteiger partial charge in [-0.3, -0.25) is 4.90 Å². The van der Waals surface area contributed by atoms with Gasteiger partial charge in [0.15, 0.2) is 0 Å². The third kappa shape index (κ3) is 6.23. The molecule has 0 saturated heterocycles. The highest BCUT2D eigenvalue weighted by atomic mass is 35.5. The molecule has 0 aromatic heterocycles. The second kappa shape index (κ2) is 8.74. The van der Waals surface area contributed by atoms with Crippen molar-refractivity contribution in [3.8, 4) is 0 Å². The number of carbonyl (C=O) groups excluding carboxylic acids is 1. The van der Waals surface area contributed by atoms with Crippen molar-refractivity contribution in [2.45, 2.75) is 30.3 Å². The second-order valence-corrected chi connectivity index (χ2v) is 5.75. The van der Waals surface area contributed by atoms with Gasteiger partial charge in [0, 0.05) is 7.05 Å². The van der Waals surface area contributed by atoms with Crippen LogP contribution in [0.15, 0.2) is 30.3 Å². The van der Waals surface area contributed by atoms with Crippen LogP contribution in [0, 0.1) is 0 Å². The fourth-order valence-corrected chi connectivity index (χ4v) is 1.97. The largest absolute Gasteiger partial charge is 0.480 e. The third-order valence-corrected chi connectivity index (χ3v) is 3.34. The molecule has 5 nitrogen and oxygen atoms in total. The Morgan fingerprint density at radius 3 is 2.38 bits per heavy atom. The Balaban J connectivity index is 2.55. The zero-order valence-electron chi connectivity index (χ0n) is 11.5. The number of carbonyl (C=O) groups is 2. The first-order valence-electron chi connectivity index (χ1n) is 6.36. The number of halogens is 2. The average Bonchev–Trinajstić information content (AvgIpc) is 2.45. The molecule has 1 amide bonds. The maximum absolute atomic E-state index is 11.9. The number of hydrogen-bond donors (Lipinski definition) is 1. The Hall–Kier alpha value is -1.46.